The Bertz CT molecular complexity index is 629. The van der Waals surface area contributed by atoms with Crippen LogP contribution in [0.1, 0.15) is 10.6 Å². The molecule has 3 heteroatoms. The molecule has 20 heavy (non-hydrogen) atoms. The lowest BCUT2D eigenvalue weighted by Gasteiger charge is -2.00. The first-order valence-corrected chi connectivity index (χ1v) is 6.47. The minimum absolute atomic E-state index is 0.375. The third-order valence-corrected chi connectivity index (χ3v) is 2.86. The summed E-state index contributed by atoms with van der Waals surface area (Å²) in [5.74, 6) is 0.375. The fourth-order valence-corrected chi connectivity index (χ4v) is 1.76. The normalized spacial score (nSPS) is 9.45. The quantitative estimate of drug-likeness (QED) is 0.613. The fraction of sp³-hybridized carbons (Fsp3) is 0. The van der Waals surface area contributed by atoms with Crippen molar-refractivity contribution in [2.24, 2.45) is 0 Å². The monoisotopic (exact) mass is 284 g/mol. The third-order valence-electron chi connectivity index (χ3n) is 2.61. The topological polar surface area (TPSA) is 30.2 Å². The van der Waals surface area contributed by atoms with Gasteiger partial charge in [0.05, 0.1) is 6.26 Å². The zero-order valence-electron chi connectivity index (χ0n) is 10.7. The Morgan fingerprint density at radius 3 is 1.95 bits per heavy atom. The molecule has 0 fully saturated rings. The van der Waals surface area contributed by atoms with Crippen molar-refractivity contribution in [1.82, 2.24) is 0 Å². The van der Waals surface area contributed by atoms with E-state index in [1.807, 2.05) is 42.5 Å². The zero-order chi connectivity index (χ0) is 14.2. The van der Waals surface area contributed by atoms with Crippen molar-refractivity contribution in [2.45, 2.75) is 0 Å². The summed E-state index contributed by atoms with van der Waals surface area (Å²) < 4.78 is 4.61. The molecule has 0 atom stereocenters. The van der Waals surface area contributed by atoms with Crippen LogP contribution in [0, 0.1) is 0 Å². The van der Waals surface area contributed by atoms with Gasteiger partial charge in [0.1, 0.15) is 0 Å². The average Bonchev–Trinajstić information content (AvgIpc) is 3.03. The van der Waals surface area contributed by atoms with Gasteiger partial charge in [-0.05, 0) is 35.4 Å². The predicted molar refractivity (Wildman–Crippen MR) is 81.0 cm³/mol. The Morgan fingerprint density at radius 2 is 1.45 bits per heavy atom. The summed E-state index contributed by atoms with van der Waals surface area (Å²) in [6, 6.07) is 21.4. The molecule has 0 aliphatic rings. The molecule has 100 valence electrons. The van der Waals surface area contributed by atoms with Crippen molar-refractivity contribution >= 4 is 17.9 Å². The van der Waals surface area contributed by atoms with Crippen LogP contribution in [-0.2, 0) is 0 Å². The van der Waals surface area contributed by atoms with Crippen molar-refractivity contribution in [3.63, 3.8) is 0 Å². The predicted octanol–water partition coefficient (Wildman–Crippen LogP) is 5.10. The van der Waals surface area contributed by atoms with E-state index in [4.69, 9.17) is 11.6 Å². The molecule has 0 bridgehead atoms. The standard InChI is InChI=1S/C12H9Cl.C5H4O2/c13-12-8-6-11(7-9-12)10-4-2-1-3-5-10;6-4-5-2-1-3-7-5/h1-9H;1-4H. The molecule has 2 nitrogen and oxygen atoms in total. The molecule has 3 rings (SSSR count). The smallest absolute Gasteiger partial charge is 0.185 e. The van der Waals surface area contributed by atoms with Crippen molar-refractivity contribution in [1.29, 1.82) is 0 Å². The van der Waals surface area contributed by atoms with E-state index in [2.05, 4.69) is 16.5 Å². The second kappa shape index (κ2) is 7.31. The summed E-state index contributed by atoms with van der Waals surface area (Å²) in [6.07, 6.45) is 2.13. The molecule has 0 aliphatic carbocycles. The molecule has 0 N–H and O–H groups in total. The number of carbonyl (C=O) groups is 1. The third kappa shape index (κ3) is 4.11. The highest BCUT2D eigenvalue weighted by molar-refractivity contribution is 6.30. The Balaban J connectivity index is 0.000000178. The van der Waals surface area contributed by atoms with Crippen LogP contribution in [-0.4, -0.2) is 6.29 Å². The van der Waals surface area contributed by atoms with E-state index in [0.717, 1.165) is 5.02 Å². The van der Waals surface area contributed by atoms with E-state index in [1.54, 1.807) is 12.1 Å². The molecule has 1 aromatic heterocycles. The molecule has 0 spiro atoms. The molecule has 0 aliphatic heterocycles. The molecule has 0 radical (unpaired) electrons. The summed E-state index contributed by atoms with van der Waals surface area (Å²) in [4.78, 5) is 9.77. The number of benzene rings is 2. The van der Waals surface area contributed by atoms with Gasteiger partial charge in [0.15, 0.2) is 12.0 Å². The van der Waals surface area contributed by atoms with Gasteiger partial charge < -0.3 is 4.42 Å². The van der Waals surface area contributed by atoms with Crippen LogP contribution in [0.3, 0.4) is 0 Å². The number of hydrogen-bond donors (Lipinski definition) is 0. The Kier molecular flexibility index (Phi) is 5.15. The van der Waals surface area contributed by atoms with E-state index in [0.29, 0.717) is 12.0 Å². The van der Waals surface area contributed by atoms with Crippen molar-refractivity contribution in [2.75, 3.05) is 0 Å². The highest BCUT2D eigenvalue weighted by Crippen LogP contribution is 2.20. The minimum Gasteiger partial charge on any atom is -0.462 e. The molecule has 1 heterocycles. The summed E-state index contributed by atoms with van der Waals surface area (Å²) >= 11 is 5.80. The van der Waals surface area contributed by atoms with Crippen LogP contribution in [0.4, 0.5) is 0 Å². The number of halogens is 1. The molecule has 0 amide bonds. The Morgan fingerprint density at radius 1 is 0.800 bits per heavy atom. The first-order valence-electron chi connectivity index (χ1n) is 6.09. The maximum absolute atomic E-state index is 9.77. The van der Waals surface area contributed by atoms with Crippen LogP contribution in [0.2, 0.25) is 5.02 Å². The summed E-state index contributed by atoms with van der Waals surface area (Å²) in [6.45, 7) is 0. The highest BCUT2D eigenvalue weighted by Gasteiger charge is 1.94. The van der Waals surface area contributed by atoms with E-state index in [9.17, 15) is 4.79 Å². The lowest BCUT2D eigenvalue weighted by atomic mass is 10.1. The number of furan rings is 1. The molecular weight excluding hydrogens is 272 g/mol. The second-order valence-electron chi connectivity index (χ2n) is 4.01. The summed E-state index contributed by atoms with van der Waals surface area (Å²) in [5, 5.41) is 0.777. The summed E-state index contributed by atoms with van der Waals surface area (Å²) in [7, 11) is 0. The van der Waals surface area contributed by atoms with Crippen LogP contribution < -0.4 is 0 Å². The number of aldehydes is 1. The molecule has 0 saturated heterocycles. The highest BCUT2D eigenvalue weighted by atomic mass is 35.5. The van der Waals surface area contributed by atoms with E-state index in [1.165, 1.54) is 17.4 Å². The van der Waals surface area contributed by atoms with E-state index in [-0.39, 0.29) is 0 Å². The Hall–Kier alpha value is -2.32. The van der Waals surface area contributed by atoms with Gasteiger partial charge in [-0.1, -0.05) is 54.1 Å². The maximum Gasteiger partial charge on any atom is 0.185 e. The van der Waals surface area contributed by atoms with Gasteiger partial charge in [-0.15, -0.1) is 0 Å². The fourth-order valence-electron chi connectivity index (χ4n) is 1.63. The van der Waals surface area contributed by atoms with Gasteiger partial charge in [-0.3, -0.25) is 4.79 Å². The Labute approximate surface area is 122 Å². The van der Waals surface area contributed by atoms with Crippen LogP contribution >= 0.6 is 11.6 Å². The number of carbonyl (C=O) groups excluding carboxylic acids is 1. The van der Waals surface area contributed by atoms with Crippen LogP contribution in [0.15, 0.2) is 77.4 Å². The van der Waals surface area contributed by atoms with Crippen LogP contribution in [0.25, 0.3) is 11.1 Å². The SMILES string of the molecule is Clc1ccc(-c2ccccc2)cc1.O=Cc1ccco1. The van der Waals surface area contributed by atoms with Gasteiger partial charge in [0, 0.05) is 5.02 Å². The van der Waals surface area contributed by atoms with Crippen molar-refractivity contribution < 1.29 is 9.21 Å². The largest absolute Gasteiger partial charge is 0.462 e. The lowest BCUT2D eigenvalue weighted by Crippen LogP contribution is -1.74. The minimum atomic E-state index is 0.375. The molecule has 2 aromatic carbocycles. The van der Waals surface area contributed by atoms with Crippen molar-refractivity contribution in [3.8, 4) is 11.1 Å². The first-order chi connectivity index (χ1) is 9.79. The van der Waals surface area contributed by atoms with Crippen LogP contribution in [0.5, 0.6) is 0 Å². The van der Waals surface area contributed by atoms with Gasteiger partial charge in [-0.25, -0.2) is 0 Å². The number of hydrogen-bond acceptors (Lipinski definition) is 2. The second-order valence-corrected chi connectivity index (χ2v) is 4.44. The van der Waals surface area contributed by atoms with Gasteiger partial charge >= 0.3 is 0 Å². The maximum atomic E-state index is 9.77. The van der Waals surface area contributed by atoms with Gasteiger partial charge in [0.25, 0.3) is 0 Å². The number of rotatable bonds is 2. The molecule has 3 aromatic rings. The molecular formula is C17H13ClO2. The first kappa shape index (κ1) is 14.1. The van der Waals surface area contributed by atoms with E-state index >= 15 is 0 Å². The van der Waals surface area contributed by atoms with Gasteiger partial charge in [-0.2, -0.15) is 0 Å². The van der Waals surface area contributed by atoms with E-state index < -0.39 is 0 Å². The molecule has 0 saturated carbocycles. The average molecular weight is 285 g/mol. The zero-order valence-corrected chi connectivity index (χ0v) is 11.5. The summed E-state index contributed by atoms with van der Waals surface area (Å²) in [5.41, 5.74) is 2.42. The molecule has 0 unspecified atom stereocenters. The van der Waals surface area contributed by atoms with Gasteiger partial charge in [0.2, 0.25) is 0 Å². The van der Waals surface area contributed by atoms with Crippen molar-refractivity contribution in [3.05, 3.63) is 83.8 Å². The lowest BCUT2D eigenvalue weighted by molar-refractivity contribution is 0.110.